The van der Waals surface area contributed by atoms with Crippen molar-refractivity contribution in [3.8, 4) is 0 Å². The van der Waals surface area contributed by atoms with E-state index in [0.29, 0.717) is 17.6 Å². The van der Waals surface area contributed by atoms with Crippen molar-refractivity contribution in [1.29, 1.82) is 0 Å². The van der Waals surface area contributed by atoms with Crippen molar-refractivity contribution in [2.45, 2.75) is 156 Å². The lowest BCUT2D eigenvalue weighted by molar-refractivity contribution is -0.127. The lowest BCUT2D eigenvalue weighted by Gasteiger charge is -2.22. The molecule has 0 saturated carbocycles. The molecule has 0 bridgehead atoms. The average molecular weight is 395 g/mol. The van der Waals surface area contributed by atoms with E-state index >= 15 is 0 Å². The molecule has 0 saturated heterocycles. The SMILES string of the molecule is CCCCCCCCCC(CCC)C(=O)C(CCC)CCCCCCCCC. The van der Waals surface area contributed by atoms with Gasteiger partial charge in [0.1, 0.15) is 5.78 Å². The van der Waals surface area contributed by atoms with Crippen LogP contribution in [-0.2, 0) is 4.79 Å². The summed E-state index contributed by atoms with van der Waals surface area (Å²) in [4.78, 5) is 13.2. The fourth-order valence-corrected chi connectivity index (χ4v) is 4.58. The van der Waals surface area contributed by atoms with Crippen LogP contribution in [0.25, 0.3) is 0 Å². The molecule has 28 heavy (non-hydrogen) atoms. The summed E-state index contributed by atoms with van der Waals surface area (Å²) in [6, 6.07) is 0. The van der Waals surface area contributed by atoms with Crippen LogP contribution in [0.1, 0.15) is 156 Å². The maximum atomic E-state index is 13.2. The fourth-order valence-electron chi connectivity index (χ4n) is 4.58. The number of Topliss-reactive ketones (excluding diaryl/α,β-unsaturated/α-hetero) is 1. The van der Waals surface area contributed by atoms with Crippen LogP contribution in [0.5, 0.6) is 0 Å². The van der Waals surface area contributed by atoms with Crippen LogP contribution in [0, 0.1) is 11.8 Å². The lowest BCUT2D eigenvalue weighted by atomic mass is 9.81. The van der Waals surface area contributed by atoms with Gasteiger partial charge in [-0.3, -0.25) is 4.79 Å². The molecular formula is C27H54O. The van der Waals surface area contributed by atoms with Gasteiger partial charge < -0.3 is 0 Å². The Morgan fingerprint density at radius 1 is 0.429 bits per heavy atom. The van der Waals surface area contributed by atoms with Gasteiger partial charge in [0.05, 0.1) is 0 Å². The molecule has 0 fully saturated rings. The van der Waals surface area contributed by atoms with Crippen LogP contribution in [0.15, 0.2) is 0 Å². The molecule has 0 aliphatic carbocycles. The smallest absolute Gasteiger partial charge is 0.139 e. The van der Waals surface area contributed by atoms with E-state index in [1.165, 1.54) is 89.9 Å². The van der Waals surface area contributed by atoms with Gasteiger partial charge in [-0.15, -0.1) is 0 Å². The highest BCUT2D eigenvalue weighted by molar-refractivity contribution is 5.83. The molecule has 0 heterocycles. The van der Waals surface area contributed by atoms with E-state index in [0.717, 1.165) is 38.5 Å². The first-order valence-electron chi connectivity index (χ1n) is 13.2. The second kappa shape index (κ2) is 21.4. The Labute approximate surface area is 178 Å². The van der Waals surface area contributed by atoms with E-state index in [-0.39, 0.29) is 0 Å². The number of hydrogen-bond acceptors (Lipinski definition) is 1. The van der Waals surface area contributed by atoms with Crippen molar-refractivity contribution < 1.29 is 4.79 Å². The number of carbonyl (C=O) groups excluding carboxylic acids is 1. The Balaban J connectivity index is 4.21. The molecule has 1 nitrogen and oxygen atoms in total. The summed E-state index contributed by atoms with van der Waals surface area (Å²) in [7, 11) is 0. The van der Waals surface area contributed by atoms with Gasteiger partial charge in [0.25, 0.3) is 0 Å². The zero-order chi connectivity index (χ0) is 20.9. The van der Waals surface area contributed by atoms with E-state index in [4.69, 9.17) is 0 Å². The Morgan fingerprint density at radius 3 is 1.07 bits per heavy atom. The van der Waals surface area contributed by atoms with Gasteiger partial charge in [-0.25, -0.2) is 0 Å². The van der Waals surface area contributed by atoms with Gasteiger partial charge in [-0.2, -0.15) is 0 Å². The van der Waals surface area contributed by atoms with Gasteiger partial charge in [0.15, 0.2) is 0 Å². The van der Waals surface area contributed by atoms with E-state index in [1.54, 1.807) is 0 Å². The zero-order valence-corrected chi connectivity index (χ0v) is 20.2. The Kier molecular flexibility index (Phi) is 21.1. The first kappa shape index (κ1) is 27.7. The second-order valence-corrected chi connectivity index (χ2v) is 9.19. The molecule has 0 aliphatic rings. The van der Waals surface area contributed by atoms with Crippen molar-refractivity contribution in [3.63, 3.8) is 0 Å². The molecule has 2 atom stereocenters. The third-order valence-electron chi connectivity index (χ3n) is 6.39. The third-order valence-corrected chi connectivity index (χ3v) is 6.39. The van der Waals surface area contributed by atoms with Crippen LogP contribution in [0.4, 0.5) is 0 Å². The molecule has 168 valence electrons. The maximum Gasteiger partial charge on any atom is 0.139 e. The van der Waals surface area contributed by atoms with Crippen molar-refractivity contribution in [2.75, 3.05) is 0 Å². The molecule has 0 N–H and O–H groups in total. The molecule has 0 aliphatic heterocycles. The largest absolute Gasteiger partial charge is 0.299 e. The number of unbranched alkanes of at least 4 members (excludes halogenated alkanes) is 12. The van der Waals surface area contributed by atoms with Crippen LogP contribution in [0.3, 0.4) is 0 Å². The predicted molar refractivity (Wildman–Crippen MR) is 127 cm³/mol. The van der Waals surface area contributed by atoms with Crippen molar-refractivity contribution >= 4 is 5.78 Å². The third kappa shape index (κ3) is 15.6. The molecule has 0 aromatic rings. The van der Waals surface area contributed by atoms with Crippen molar-refractivity contribution in [3.05, 3.63) is 0 Å². The molecule has 0 aromatic carbocycles. The molecule has 0 spiro atoms. The van der Waals surface area contributed by atoms with E-state index in [1.807, 2.05) is 0 Å². The topological polar surface area (TPSA) is 17.1 Å². The summed E-state index contributed by atoms with van der Waals surface area (Å²) in [5.74, 6) is 1.32. The van der Waals surface area contributed by atoms with Crippen LogP contribution < -0.4 is 0 Å². The molecule has 2 unspecified atom stereocenters. The van der Waals surface area contributed by atoms with Crippen LogP contribution in [-0.4, -0.2) is 5.78 Å². The van der Waals surface area contributed by atoms with Crippen LogP contribution in [0.2, 0.25) is 0 Å². The van der Waals surface area contributed by atoms with Gasteiger partial charge >= 0.3 is 0 Å². The number of hydrogen-bond donors (Lipinski definition) is 0. The monoisotopic (exact) mass is 394 g/mol. The number of carbonyl (C=O) groups is 1. The molecule has 0 amide bonds. The molecule has 0 aromatic heterocycles. The molecule has 0 rings (SSSR count). The van der Waals surface area contributed by atoms with E-state index < -0.39 is 0 Å². The van der Waals surface area contributed by atoms with Gasteiger partial charge in [-0.05, 0) is 25.7 Å². The molecule has 0 radical (unpaired) electrons. The minimum Gasteiger partial charge on any atom is -0.299 e. The minimum absolute atomic E-state index is 0.349. The quantitative estimate of drug-likeness (QED) is 0.167. The summed E-state index contributed by atoms with van der Waals surface area (Å²) >= 11 is 0. The maximum absolute atomic E-state index is 13.2. The first-order chi connectivity index (χ1) is 13.7. The van der Waals surface area contributed by atoms with E-state index in [2.05, 4.69) is 27.7 Å². The zero-order valence-electron chi connectivity index (χ0n) is 20.2. The number of ketones is 1. The lowest BCUT2D eigenvalue weighted by Crippen LogP contribution is -2.24. The first-order valence-corrected chi connectivity index (χ1v) is 13.2. The summed E-state index contributed by atoms with van der Waals surface area (Å²) in [5.41, 5.74) is 0. The molecule has 1 heteroatoms. The summed E-state index contributed by atoms with van der Waals surface area (Å²) in [5, 5.41) is 0. The Bertz CT molecular complexity index is 292. The van der Waals surface area contributed by atoms with Gasteiger partial charge in [0, 0.05) is 11.8 Å². The van der Waals surface area contributed by atoms with Gasteiger partial charge in [0.2, 0.25) is 0 Å². The summed E-state index contributed by atoms with van der Waals surface area (Å²) in [6.45, 7) is 9.05. The van der Waals surface area contributed by atoms with Crippen molar-refractivity contribution in [1.82, 2.24) is 0 Å². The fraction of sp³-hybridized carbons (Fsp3) is 0.963. The summed E-state index contributed by atoms with van der Waals surface area (Å²) < 4.78 is 0. The normalized spacial score (nSPS) is 13.6. The minimum atomic E-state index is 0.349. The average Bonchev–Trinajstić information content (AvgIpc) is 2.70. The number of rotatable bonds is 22. The Hall–Kier alpha value is -0.330. The van der Waals surface area contributed by atoms with Gasteiger partial charge in [-0.1, -0.05) is 130 Å². The highest BCUT2D eigenvalue weighted by Crippen LogP contribution is 2.27. The van der Waals surface area contributed by atoms with E-state index in [9.17, 15) is 4.79 Å². The summed E-state index contributed by atoms with van der Waals surface area (Å²) in [6.07, 6.45) is 25.7. The highest BCUT2D eigenvalue weighted by Gasteiger charge is 2.25. The second-order valence-electron chi connectivity index (χ2n) is 9.19. The highest BCUT2D eigenvalue weighted by atomic mass is 16.1. The molecular weight excluding hydrogens is 340 g/mol. The standard InChI is InChI=1S/C27H54O/c1-5-9-11-13-15-17-19-23-25(21-7-3)27(28)26(22-8-4)24-20-18-16-14-12-10-6-2/h25-26H,5-24H2,1-4H3. The van der Waals surface area contributed by atoms with Crippen molar-refractivity contribution in [2.24, 2.45) is 11.8 Å². The Morgan fingerprint density at radius 2 is 0.750 bits per heavy atom. The predicted octanol–water partition coefficient (Wildman–Crippen LogP) is 9.67. The van der Waals surface area contributed by atoms with Crippen LogP contribution >= 0.6 is 0 Å².